The molecule has 0 aliphatic carbocycles. The van der Waals surface area contributed by atoms with Gasteiger partial charge in [0.1, 0.15) is 0 Å². The van der Waals surface area contributed by atoms with Crippen molar-refractivity contribution in [2.45, 2.75) is 13.0 Å². The van der Waals surface area contributed by atoms with Crippen molar-refractivity contribution in [2.24, 2.45) is 7.05 Å². The molecule has 6 heteroatoms. The van der Waals surface area contributed by atoms with E-state index in [2.05, 4.69) is 26.3 Å². The van der Waals surface area contributed by atoms with Gasteiger partial charge in [-0.2, -0.15) is 5.10 Å². The van der Waals surface area contributed by atoms with Crippen molar-refractivity contribution in [1.82, 2.24) is 15.1 Å². The van der Waals surface area contributed by atoms with Crippen LogP contribution in [-0.2, 0) is 20.0 Å². The Morgan fingerprint density at radius 3 is 2.57 bits per heavy atom. The van der Waals surface area contributed by atoms with Gasteiger partial charge in [-0.25, -0.2) is 0 Å². The highest BCUT2D eigenvalue weighted by Gasteiger charge is 2.09. The summed E-state index contributed by atoms with van der Waals surface area (Å²) < 4.78 is 13.5. The third-order valence-corrected chi connectivity index (χ3v) is 4.09. The Morgan fingerprint density at radius 1 is 1.24 bits per heavy atom. The number of ether oxygens (including phenoxy) is 2. The van der Waals surface area contributed by atoms with Crippen LogP contribution < -0.4 is 14.8 Å². The second kappa shape index (κ2) is 7.47. The third-order valence-electron chi connectivity index (χ3n) is 3.35. The Morgan fingerprint density at radius 2 is 1.95 bits per heavy atom. The summed E-state index contributed by atoms with van der Waals surface area (Å²) in [4.78, 5) is 0. The lowest BCUT2D eigenvalue weighted by Gasteiger charge is -2.12. The van der Waals surface area contributed by atoms with E-state index in [0.29, 0.717) is 0 Å². The molecule has 0 aliphatic rings. The zero-order valence-electron chi connectivity index (χ0n) is 12.5. The maximum atomic E-state index is 5.33. The zero-order chi connectivity index (χ0) is 15.2. The molecule has 2 rings (SSSR count). The van der Waals surface area contributed by atoms with E-state index in [0.717, 1.165) is 41.0 Å². The van der Waals surface area contributed by atoms with Gasteiger partial charge in [0.2, 0.25) is 0 Å². The van der Waals surface area contributed by atoms with Gasteiger partial charge < -0.3 is 14.8 Å². The van der Waals surface area contributed by atoms with Gasteiger partial charge in [0.25, 0.3) is 0 Å². The summed E-state index contributed by atoms with van der Waals surface area (Å²) >= 11 is 3.56. The molecule has 1 heterocycles. The molecule has 1 N–H and O–H groups in total. The standard InChI is InChI=1S/C15H20BrN3O2/c1-19-12(5-7-18-19)4-6-17-10-11-8-14(20-2)15(21-3)9-13(11)16/h5,7-9,17H,4,6,10H2,1-3H3. The second-order valence-electron chi connectivity index (χ2n) is 4.67. The third kappa shape index (κ3) is 3.98. The molecule has 2 aromatic rings. The van der Waals surface area contributed by atoms with E-state index in [9.17, 15) is 0 Å². The smallest absolute Gasteiger partial charge is 0.161 e. The molecule has 0 atom stereocenters. The number of aryl methyl sites for hydroxylation is 1. The minimum absolute atomic E-state index is 0.725. The lowest BCUT2D eigenvalue weighted by atomic mass is 10.2. The summed E-state index contributed by atoms with van der Waals surface area (Å²) in [5, 5.41) is 7.59. The first-order valence-electron chi connectivity index (χ1n) is 6.73. The minimum Gasteiger partial charge on any atom is -0.493 e. The van der Waals surface area contributed by atoms with Gasteiger partial charge in [0, 0.05) is 42.9 Å². The van der Waals surface area contributed by atoms with E-state index < -0.39 is 0 Å². The summed E-state index contributed by atoms with van der Waals surface area (Å²) in [6.45, 7) is 1.65. The molecule has 0 fully saturated rings. The van der Waals surface area contributed by atoms with Crippen molar-refractivity contribution >= 4 is 15.9 Å². The van der Waals surface area contributed by atoms with Crippen LogP contribution in [-0.4, -0.2) is 30.5 Å². The lowest BCUT2D eigenvalue weighted by molar-refractivity contribution is 0.354. The quantitative estimate of drug-likeness (QED) is 0.777. The highest BCUT2D eigenvalue weighted by Crippen LogP contribution is 2.33. The molecule has 5 nitrogen and oxygen atoms in total. The first-order chi connectivity index (χ1) is 10.2. The van der Waals surface area contributed by atoms with Gasteiger partial charge in [-0.1, -0.05) is 15.9 Å². The number of nitrogens with zero attached hydrogens (tertiary/aromatic N) is 2. The average Bonchev–Trinajstić information content (AvgIpc) is 2.89. The van der Waals surface area contributed by atoms with Crippen LogP contribution in [0.15, 0.2) is 28.9 Å². The van der Waals surface area contributed by atoms with Gasteiger partial charge in [-0.05, 0) is 23.8 Å². The number of halogens is 1. The number of methoxy groups -OCH3 is 2. The first-order valence-corrected chi connectivity index (χ1v) is 7.53. The molecule has 0 unspecified atom stereocenters. The fourth-order valence-electron chi connectivity index (χ4n) is 2.12. The molecule has 0 spiro atoms. The van der Waals surface area contributed by atoms with Gasteiger partial charge in [0.05, 0.1) is 14.2 Å². The topological polar surface area (TPSA) is 48.3 Å². The highest BCUT2D eigenvalue weighted by molar-refractivity contribution is 9.10. The van der Waals surface area contributed by atoms with Crippen molar-refractivity contribution in [3.63, 3.8) is 0 Å². The molecule has 0 bridgehead atoms. The number of nitrogens with one attached hydrogen (secondary N) is 1. The van der Waals surface area contributed by atoms with Crippen LogP contribution in [0.5, 0.6) is 11.5 Å². The molecule has 114 valence electrons. The van der Waals surface area contributed by atoms with E-state index in [4.69, 9.17) is 9.47 Å². The number of hydrogen-bond donors (Lipinski definition) is 1. The Bertz CT molecular complexity index is 599. The molecule has 0 aliphatic heterocycles. The van der Waals surface area contributed by atoms with E-state index in [1.165, 1.54) is 5.69 Å². The second-order valence-corrected chi connectivity index (χ2v) is 5.53. The monoisotopic (exact) mass is 353 g/mol. The van der Waals surface area contributed by atoms with Gasteiger partial charge in [0.15, 0.2) is 11.5 Å². The summed E-state index contributed by atoms with van der Waals surface area (Å²) in [6, 6.07) is 5.95. The first kappa shape index (κ1) is 15.9. The predicted octanol–water partition coefficient (Wildman–Crippen LogP) is 2.53. The van der Waals surface area contributed by atoms with Crippen molar-refractivity contribution in [3.05, 3.63) is 40.1 Å². The maximum absolute atomic E-state index is 5.33. The minimum atomic E-state index is 0.725. The molecule has 0 radical (unpaired) electrons. The molecule has 0 amide bonds. The summed E-state index contributed by atoms with van der Waals surface area (Å²) in [6.07, 6.45) is 2.77. The Kier molecular flexibility index (Phi) is 5.64. The number of benzene rings is 1. The molecule has 0 saturated carbocycles. The SMILES string of the molecule is COc1cc(Br)c(CNCCc2ccnn2C)cc1OC. The summed E-state index contributed by atoms with van der Waals surface area (Å²) in [7, 11) is 5.24. The van der Waals surface area contributed by atoms with Crippen molar-refractivity contribution in [1.29, 1.82) is 0 Å². The fraction of sp³-hybridized carbons (Fsp3) is 0.400. The van der Waals surface area contributed by atoms with Crippen LogP contribution in [0.4, 0.5) is 0 Å². The Labute approximate surface area is 133 Å². The van der Waals surface area contributed by atoms with Crippen molar-refractivity contribution < 1.29 is 9.47 Å². The molecule has 0 saturated heterocycles. The number of aromatic nitrogens is 2. The van der Waals surface area contributed by atoms with E-state index in [1.807, 2.05) is 36.1 Å². The normalized spacial score (nSPS) is 10.7. The van der Waals surface area contributed by atoms with Crippen LogP contribution in [0.3, 0.4) is 0 Å². The average molecular weight is 354 g/mol. The number of rotatable bonds is 7. The fourth-order valence-corrected chi connectivity index (χ4v) is 2.58. The van der Waals surface area contributed by atoms with Crippen LogP contribution in [0.2, 0.25) is 0 Å². The van der Waals surface area contributed by atoms with Crippen LogP contribution >= 0.6 is 15.9 Å². The molecular formula is C15H20BrN3O2. The summed E-state index contributed by atoms with van der Waals surface area (Å²) in [5.41, 5.74) is 2.35. The van der Waals surface area contributed by atoms with Crippen molar-refractivity contribution in [2.75, 3.05) is 20.8 Å². The maximum Gasteiger partial charge on any atom is 0.161 e. The van der Waals surface area contributed by atoms with Crippen molar-refractivity contribution in [3.8, 4) is 11.5 Å². The van der Waals surface area contributed by atoms with Crippen LogP contribution in [0.1, 0.15) is 11.3 Å². The van der Waals surface area contributed by atoms with Crippen LogP contribution in [0.25, 0.3) is 0 Å². The molecule has 21 heavy (non-hydrogen) atoms. The largest absolute Gasteiger partial charge is 0.493 e. The Balaban J connectivity index is 1.92. The Hall–Kier alpha value is -1.53. The predicted molar refractivity (Wildman–Crippen MR) is 85.9 cm³/mol. The lowest BCUT2D eigenvalue weighted by Crippen LogP contribution is -2.18. The molecule has 1 aromatic heterocycles. The van der Waals surface area contributed by atoms with Gasteiger partial charge >= 0.3 is 0 Å². The van der Waals surface area contributed by atoms with Crippen LogP contribution in [0, 0.1) is 0 Å². The zero-order valence-corrected chi connectivity index (χ0v) is 14.1. The summed E-state index contributed by atoms with van der Waals surface area (Å²) in [5.74, 6) is 1.46. The molecule has 1 aromatic carbocycles. The van der Waals surface area contributed by atoms with E-state index in [1.54, 1.807) is 14.2 Å². The van der Waals surface area contributed by atoms with E-state index in [-0.39, 0.29) is 0 Å². The van der Waals surface area contributed by atoms with E-state index >= 15 is 0 Å². The molecular weight excluding hydrogens is 334 g/mol. The number of hydrogen-bond acceptors (Lipinski definition) is 4. The van der Waals surface area contributed by atoms with Gasteiger partial charge in [-0.3, -0.25) is 4.68 Å². The highest BCUT2D eigenvalue weighted by atomic mass is 79.9. The van der Waals surface area contributed by atoms with Gasteiger partial charge in [-0.15, -0.1) is 0 Å².